The molecule has 4 saturated carbocycles. The fourth-order valence-electron chi connectivity index (χ4n) is 9.59. The van der Waals surface area contributed by atoms with Gasteiger partial charge in [-0.3, -0.25) is 0 Å². The molecule has 2 heteroatoms. The van der Waals surface area contributed by atoms with E-state index in [-0.39, 0.29) is 12.2 Å². The Morgan fingerprint density at radius 1 is 0.893 bits per heavy atom. The molecule has 2 nitrogen and oxygen atoms in total. The molecule has 0 aliphatic heterocycles. The third-order valence-electron chi connectivity index (χ3n) is 10.9. The Bertz CT molecular complexity index is 561. The first kappa shape index (κ1) is 21.2. The molecule has 0 radical (unpaired) electrons. The summed E-state index contributed by atoms with van der Waals surface area (Å²) in [6.45, 7) is 12.3. The lowest BCUT2D eigenvalue weighted by atomic mass is 9.41. The van der Waals surface area contributed by atoms with Gasteiger partial charge in [0.1, 0.15) is 0 Å². The van der Waals surface area contributed by atoms with Crippen molar-refractivity contribution in [1.82, 2.24) is 0 Å². The molecular weight excluding hydrogens is 344 g/mol. The van der Waals surface area contributed by atoms with Crippen LogP contribution in [0.2, 0.25) is 0 Å². The SMILES string of the molecule is CCC[C@@H](C)[C@H]1CCC2C3C(O)[C@H](CC)[C@@H]4C[C@H](O)CC[C@]4(C)C3CC[C@@]21C. The van der Waals surface area contributed by atoms with Crippen molar-refractivity contribution in [2.45, 2.75) is 111 Å². The second-order valence-electron chi connectivity index (χ2n) is 11.9. The summed E-state index contributed by atoms with van der Waals surface area (Å²) in [7, 11) is 0. The van der Waals surface area contributed by atoms with E-state index in [2.05, 4.69) is 34.6 Å². The van der Waals surface area contributed by atoms with Crippen molar-refractivity contribution in [2.24, 2.45) is 52.3 Å². The van der Waals surface area contributed by atoms with Gasteiger partial charge < -0.3 is 10.2 Å². The highest BCUT2D eigenvalue weighted by molar-refractivity contribution is 5.13. The van der Waals surface area contributed by atoms with Gasteiger partial charge in [0.2, 0.25) is 0 Å². The summed E-state index contributed by atoms with van der Waals surface area (Å²) >= 11 is 0. The highest BCUT2D eigenvalue weighted by atomic mass is 16.3. The highest BCUT2D eigenvalue weighted by Crippen LogP contribution is 2.69. The van der Waals surface area contributed by atoms with Gasteiger partial charge in [-0.2, -0.15) is 0 Å². The van der Waals surface area contributed by atoms with E-state index in [0.717, 1.165) is 31.1 Å². The number of fused-ring (bicyclic) bond motifs is 5. The maximum Gasteiger partial charge on any atom is 0.0605 e. The van der Waals surface area contributed by atoms with Crippen LogP contribution in [0.1, 0.15) is 98.8 Å². The lowest BCUT2D eigenvalue weighted by molar-refractivity contribution is -0.203. The maximum atomic E-state index is 11.7. The molecule has 0 bridgehead atoms. The molecule has 0 heterocycles. The van der Waals surface area contributed by atoms with Crippen LogP contribution in [0, 0.1) is 52.3 Å². The molecule has 0 spiro atoms. The predicted molar refractivity (Wildman–Crippen MR) is 116 cm³/mol. The molecule has 4 aliphatic rings. The van der Waals surface area contributed by atoms with Crippen LogP contribution in [0.15, 0.2) is 0 Å². The van der Waals surface area contributed by atoms with E-state index in [4.69, 9.17) is 0 Å². The van der Waals surface area contributed by atoms with Crippen molar-refractivity contribution in [3.05, 3.63) is 0 Å². The Morgan fingerprint density at radius 3 is 2.25 bits per heavy atom. The maximum absolute atomic E-state index is 11.7. The molecule has 0 saturated heterocycles. The van der Waals surface area contributed by atoms with E-state index in [0.29, 0.717) is 40.4 Å². The highest BCUT2D eigenvalue weighted by Gasteiger charge is 2.64. The van der Waals surface area contributed by atoms with Gasteiger partial charge in [-0.25, -0.2) is 0 Å². The molecule has 0 aromatic carbocycles. The Morgan fingerprint density at radius 2 is 1.57 bits per heavy atom. The first-order valence-corrected chi connectivity index (χ1v) is 12.6. The molecule has 162 valence electrons. The molecular formula is C26H46O2. The zero-order chi connectivity index (χ0) is 20.3. The van der Waals surface area contributed by atoms with Gasteiger partial charge in [-0.05, 0) is 97.2 Å². The van der Waals surface area contributed by atoms with Gasteiger partial charge >= 0.3 is 0 Å². The summed E-state index contributed by atoms with van der Waals surface area (Å²) < 4.78 is 0. The minimum atomic E-state index is -0.150. The van der Waals surface area contributed by atoms with Crippen LogP contribution >= 0.6 is 0 Å². The standard InChI is InChI=1S/C26H46O2/c1-6-8-16(3)19-9-10-20-23-21(12-14-25(19,20)4)26(5)13-11-17(27)15-22(26)18(7-2)24(23)28/h16-24,27-28H,6-15H2,1-5H3/t16-,17-,18-,19-,20?,21?,22+,23?,24?,25-,26-/m1/s1. The van der Waals surface area contributed by atoms with Crippen LogP contribution in [0.4, 0.5) is 0 Å². The first-order valence-electron chi connectivity index (χ1n) is 12.6. The third kappa shape index (κ3) is 2.95. The molecule has 4 aliphatic carbocycles. The van der Waals surface area contributed by atoms with Gasteiger partial charge in [0.25, 0.3) is 0 Å². The number of hydrogen-bond donors (Lipinski definition) is 2. The molecule has 2 N–H and O–H groups in total. The fourth-order valence-corrected chi connectivity index (χ4v) is 9.59. The molecule has 0 aromatic rings. The summed E-state index contributed by atoms with van der Waals surface area (Å²) in [5, 5.41) is 22.1. The number of aliphatic hydroxyl groups excluding tert-OH is 2. The van der Waals surface area contributed by atoms with E-state index in [9.17, 15) is 10.2 Å². The summed E-state index contributed by atoms with van der Waals surface area (Å²) in [5.41, 5.74) is 0.769. The molecule has 28 heavy (non-hydrogen) atoms. The molecule has 11 atom stereocenters. The normalized spacial score (nSPS) is 54.5. The van der Waals surface area contributed by atoms with Crippen molar-refractivity contribution in [1.29, 1.82) is 0 Å². The van der Waals surface area contributed by atoms with E-state index in [1.165, 1.54) is 44.9 Å². The van der Waals surface area contributed by atoms with Gasteiger partial charge in [0.05, 0.1) is 12.2 Å². The topological polar surface area (TPSA) is 40.5 Å². The second-order valence-corrected chi connectivity index (χ2v) is 11.9. The quantitative estimate of drug-likeness (QED) is 0.613. The number of rotatable bonds is 4. The monoisotopic (exact) mass is 390 g/mol. The summed E-state index contributed by atoms with van der Waals surface area (Å²) in [5.74, 6) is 4.45. The zero-order valence-electron chi connectivity index (χ0n) is 19.2. The van der Waals surface area contributed by atoms with Gasteiger partial charge in [-0.1, -0.05) is 53.9 Å². The molecule has 4 unspecified atom stereocenters. The molecule has 4 rings (SSSR count). The number of hydrogen-bond acceptors (Lipinski definition) is 2. The average molecular weight is 391 g/mol. The van der Waals surface area contributed by atoms with Crippen LogP contribution < -0.4 is 0 Å². The molecule has 4 fully saturated rings. The smallest absolute Gasteiger partial charge is 0.0605 e. The first-order chi connectivity index (χ1) is 13.3. The van der Waals surface area contributed by atoms with Crippen molar-refractivity contribution < 1.29 is 10.2 Å². The van der Waals surface area contributed by atoms with E-state index in [1.807, 2.05) is 0 Å². The van der Waals surface area contributed by atoms with Crippen LogP contribution in [0.3, 0.4) is 0 Å². The van der Waals surface area contributed by atoms with Crippen molar-refractivity contribution in [2.75, 3.05) is 0 Å². The minimum Gasteiger partial charge on any atom is -0.393 e. The zero-order valence-corrected chi connectivity index (χ0v) is 19.2. The summed E-state index contributed by atoms with van der Waals surface area (Å²) in [6, 6.07) is 0. The largest absolute Gasteiger partial charge is 0.393 e. The summed E-state index contributed by atoms with van der Waals surface area (Å²) in [6.07, 6.45) is 11.9. The average Bonchev–Trinajstić information content (AvgIpc) is 3.01. The molecule has 0 aromatic heterocycles. The Hall–Kier alpha value is -0.0800. The molecule has 0 amide bonds. The number of aliphatic hydroxyl groups is 2. The third-order valence-corrected chi connectivity index (χ3v) is 10.9. The lowest BCUT2D eigenvalue weighted by Crippen LogP contribution is -2.62. The Balaban J connectivity index is 1.67. The van der Waals surface area contributed by atoms with E-state index in [1.54, 1.807) is 0 Å². The fraction of sp³-hybridized carbons (Fsp3) is 1.00. The van der Waals surface area contributed by atoms with Crippen LogP contribution in [0.5, 0.6) is 0 Å². The summed E-state index contributed by atoms with van der Waals surface area (Å²) in [4.78, 5) is 0. The van der Waals surface area contributed by atoms with Crippen LogP contribution in [-0.4, -0.2) is 22.4 Å². The van der Waals surface area contributed by atoms with Crippen molar-refractivity contribution in [3.8, 4) is 0 Å². The Kier molecular flexibility index (Phi) is 5.71. The van der Waals surface area contributed by atoms with Gasteiger partial charge in [0, 0.05) is 0 Å². The predicted octanol–water partition coefficient (Wildman–Crippen LogP) is 6.05. The Labute approximate surface area is 173 Å². The van der Waals surface area contributed by atoms with E-state index < -0.39 is 0 Å². The second kappa shape index (κ2) is 7.56. The minimum absolute atomic E-state index is 0.143. The van der Waals surface area contributed by atoms with Crippen molar-refractivity contribution >= 4 is 0 Å². The van der Waals surface area contributed by atoms with Crippen LogP contribution in [0.25, 0.3) is 0 Å². The van der Waals surface area contributed by atoms with Gasteiger partial charge in [-0.15, -0.1) is 0 Å². The van der Waals surface area contributed by atoms with E-state index >= 15 is 0 Å². The lowest BCUT2D eigenvalue weighted by Gasteiger charge is -2.64. The van der Waals surface area contributed by atoms with Crippen LogP contribution in [-0.2, 0) is 0 Å². The van der Waals surface area contributed by atoms with Crippen molar-refractivity contribution in [3.63, 3.8) is 0 Å². The van der Waals surface area contributed by atoms with Gasteiger partial charge in [0.15, 0.2) is 0 Å².